The van der Waals surface area contributed by atoms with Gasteiger partial charge in [0.1, 0.15) is 11.1 Å². The van der Waals surface area contributed by atoms with Crippen LogP contribution in [0.4, 0.5) is 5.69 Å². The highest BCUT2D eigenvalue weighted by Crippen LogP contribution is 2.20. The standard InChI is InChI=1S/C17H12BrNO3/c1-10-4-2-3-5-14(10)19-16(20)13-9-11-8-12(18)6-7-15(11)22-17(13)21/h2-9H,1H3,(H,19,20). The minimum absolute atomic E-state index is 0.0196. The molecular formula is C17H12BrNO3. The van der Waals surface area contributed by atoms with Gasteiger partial charge in [-0.1, -0.05) is 34.1 Å². The van der Waals surface area contributed by atoms with E-state index < -0.39 is 11.5 Å². The molecule has 1 heterocycles. The molecule has 1 N–H and O–H groups in total. The lowest BCUT2D eigenvalue weighted by molar-refractivity contribution is 0.102. The van der Waals surface area contributed by atoms with Gasteiger partial charge in [0.25, 0.3) is 5.91 Å². The van der Waals surface area contributed by atoms with Crippen LogP contribution >= 0.6 is 15.9 Å². The molecule has 0 aliphatic carbocycles. The second kappa shape index (κ2) is 5.77. The number of amides is 1. The molecule has 0 radical (unpaired) electrons. The van der Waals surface area contributed by atoms with E-state index in [1.807, 2.05) is 25.1 Å². The number of carbonyl (C=O) groups excluding carboxylic acids is 1. The summed E-state index contributed by atoms with van der Waals surface area (Å²) in [5.74, 6) is -0.482. The van der Waals surface area contributed by atoms with Crippen LogP contribution in [-0.4, -0.2) is 5.91 Å². The molecule has 1 aromatic heterocycles. The zero-order chi connectivity index (χ0) is 15.7. The highest BCUT2D eigenvalue weighted by atomic mass is 79.9. The first-order chi connectivity index (χ1) is 10.5. The largest absolute Gasteiger partial charge is 0.422 e. The predicted molar refractivity (Wildman–Crippen MR) is 89.3 cm³/mol. The highest BCUT2D eigenvalue weighted by molar-refractivity contribution is 9.10. The van der Waals surface area contributed by atoms with Gasteiger partial charge in [0.05, 0.1) is 0 Å². The van der Waals surface area contributed by atoms with E-state index in [4.69, 9.17) is 4.42 Å². The van der Waals surface area contributed by atoms with Crippen molar-refractivity contribution < 1.29 is 9.21 Å². The molecule has 0 fully saturated rings. The molecule has 0 saturated carbocycles. The van der Waals surface area contributed by atoms with Crippen LogP contribution in [0.2, 0.25) is 0 Å². The Bertz CT molecular complexity index is 931. The van der Waals surface area contributed by atoms with Crippen molar-refractivity contribution in [3.63, 3.8) is 0 Å². The molecule has 0 unspecified atom stereocenters. The van der Waals surface area contributed by atoms with Crippen molar-refractivity contribution in [2.24, 2.45) is 0 Å². The van der Waals surface area contributed by atoms with E-state index in [0.29, 0.717) is 16.7 Å². The molecule has 0 bridgehead atoms. The Morgan fingerprint density at radius 3 is 2.68 bits per heavy atom. The fourth-order valence-corrected chi connectivity index (χ4v) is 2.53. The van der Waals surface area contributed by atoms with Crippen LogP contribution < -0.4 is 10.9 Å². The Kier molecular flexibility index (Phi) is 3.81. The lowest BCUT2D eigenvalue weighted by atomic mass is 10.1. The molecule has 3 rings (SSSR count). The van der Waals surface area contributed by atoms with Gasteiger partial charge in [-0.15, -0.1) is 0 Å². The third-order valence-corrected chi connectivity index (χ3v) is 3.83. The number of aryl methyl sites for hydroxylation is 1. The summed E-state index contributed by atoms with van der Waals surface area (Å²) in [7, 11) is 0. The lowest BCUT2D eigenvalue weighted by Gasteiger charge is -2.07. The molecule has 4 nitrogen and oxygen atoms in total. The molecule has 0 spiro atoms. The van der Waals surface area contributed by atoms with E-state index in [2.05, 4.69) is 21.2 Å². The van der Waals surface area contributed by atoms with Crippen LogP contribution in [0.1, 0.15) is 15.9 Å². The number of fused-ring (bicyclic) bond motifs is 1. The van der Waals surface area contributed by atoms with Crippen molar-refractivity contribution in [1.29, 1.82) is 0 Å². The minimum Gasteiger partial charge on any atom is -0.422 e. The Hall–Kier alpha value is -2.40. The predicted octanol–water partition coefficient (Wildman–Crippen LogP) is 4.12. The Labute approximate surface area is 134 Å². The summed E-state index contributed by atoms with van der Waals surface area (Å²) in [4.78, 5) is 24.3. The van der Waals surface area contributed by atoms with Crippen LogP contribution in [-0.2, 0) is 0 Å². The quantitative estimate of drug-likeness (QED) is 0.701. The Balaban J connectivity index is 2.02. The fourth-order valence-electron chi connectivity index (χ4n) is 2.16. The maximum absolute atomic E-state index is 12.3. The van der Waals surface area contributed by atoms with E-state index in [1.54, 1.807) is 30.3 Å². The van der Waals surface area contributed by atoms with E-state index >= 15 is 0 Å². The number of rotatable bonds is 2. The van der Waals surface area contributed by atoms with E-state index in [0.717, 1.165) is 10.0 Å². The Morgan fingerprint density at radius 1 is 1.14 bits per heavy atom. The van der Waals surface area contributed by atoms with Crippen molar-refractivity contribution in [2.45, 2.75) is 6.92 Å². The highest BCUT2D eigenvalue weighted by Gasteiger charge is 2.14. The Morgan fingerprint density at radius 2 is 1.91 bits per heavy atom. The third-order valence-electron chi connectivity index (χ3n) is 3.33. The smallest absolute Gasteiger partial charge is 0.349 e. The van der Waals surface area contributed by atoms with Gasteiger partial charge in [-0.05, 0) is 42.8 Å². The summed E-state index contributed by atoms with van der Waals surface area (Å²) in [5.41, 5.74) is 1.36. The molecule has 0 aliphatic rings. The van der Waals surface area contributed by atoms with Crippen molar-refractivity contribution in [1.82, 2.24) is 0 Å². The molecule has 0 saturated heterocycles. The topological polar surface area (TPSA) is 59.3 Å². The molecule has 3 aromatic rings. The monoisotopic (exact) mass is 357 g/mol. The number of hydrogen-bond donors (Lipinski definition) is 1. The fraction of sp³-hybridized carbons (Fsp3) is 0.0588. The van der Waals surface area contributed by atoms with E-state index in [-0.39, 0.29) is 5.56 Å². The summed E-state index contributed by atoms with van der Waals surface area (Å²) >= 11 is 3.36. The van der Waals surface area contributed by atoms with Crippen LogP contribution in [0.15, 0.2) is 62.2 Å². The van der Waals surface area contributed by atoms with Gasteiger partial charge in [-0.2, -0.15) is 0 Å². The number of para-hydroxylation sites is 1. The molecule has 2 aromatic carbocycles. The van der Waals surface area contributed by atoms with Crippen molar-refractivity contribution in [3.8, 4) is 0 Å². The first kappa shape index (κ1) is 14.5. The maximum Gasteiger partial charge on any atom is 0.349 e. The molecule has 0 aliphatic heterocycles. The number of hydrogen-bond acceptors (Lipinski definition) is 3. The lowest BCUT2D eigenvalue weighted by Crippen LogP contribution is -2.21. The minimum atomic E-state index is -0.652. The number of benzene rings is 2. The molecule has 0 atom stereocenters. The zero-order valence-corrected chi connectivity index (χ0v) is 13.3. The summed E-state index contributed by atoms with van der Waals surface area (Å²) < 4.78 is 6.05. The summed E-state index contributed by atoms with van der Waals surface area (Å²) in [6.07, 6.45) is 0. The second-order valence-corrected chi connectivity index (χ2v) is 5.81. The third kappa shape index (κ3) is 2.80. The van der Waals surface area contributed by atoms with Crippen molar-refractivity contribution in [2.75, 3.05) is 5.32 Å². The van der Waals surface area contributed by atoms with Gasteiger partial charge in [0.2, 0.25) is 0 Å². The number of anilines is 1. The van der Waals surface area contributed by atoms with E-state index in [1.165, 1.54) is 0 Å². The molecule has 22 heavy (non-hydrogen) atoms. The molecule has 110 valence electrons. The van der Waals surface area contributed by atoms with Gasteiger partial charge in [0.15, 0.2) is 0 Å². The van der Waals surface area contributed by atoms with Gasteiger partial charge in [-0.3, -0.25) is 4.79 Å². The summed E-state index contributed by atoms with van der Waals surface area (Å²) in [5, 5.41) is 3.42. The van der Waals surface area contributed by atoms with Crippen molar-refractivity contribution in [3.05, 3.63) is 74.6 Å². The SMILES string of the molecule is Cc1ccccc1NC(=O)c1cc2cc(Br)ccc2oc1=O. The average molecular weight is 358 g/mol. The first-order valence-electron chi connectivity index (χ1n) is 6.65. The number of halogens is 1. The van der Waals surface area contributed by atoms with Gasteiger partial charge < -0.3 is 9.73 Å². The molecule has 1 amide bonds. The number of carbonyl (C=O) groups is 1. The average Bonchev–Trinajstić information content (AvgIpc) is 2.49. The van der Waals surface area contributed by atoms with Gasteiger partial charge >= 0.3 is 5.63 Å². The van der Waals surface area contributed by atoms with Crippen LogP contribution in [0.3, 0.4) is 0 Å². The van der Waals surface area contributed by atoms with E-state index in [9.17, 15) is 9.59 Å². The molecule has 5 heteroatoms. The van der Waals surface area contributed by atoms with Crippen molar-refractivity contribution >= 4 is 38.5 Å². The van der Waals surface area contributed by atoms with Crippen LogP contribution in [0.5, 0.6) is 0 Å². The number of nitrogens with one attached hydrogen (secondary N) is 1. The zero-order valence-electron chi connectivity index (χ0n) is 11.7. The summed E-state index contributed by atoms with van der Waals surface area (Å²) in [6, 6.07) is 14.2. The van der Waals surface area contributed by atoms with Gasteiger partial charge in [-0.25, -0.2) is 4.79 Å². The van der Waals surface area contributed by atoms with Crippen LogP contribution in [0, 0.1) is 6.92 Å². The van der Waals surface area contributed by atoms with Gasteiger partial charge in [0, 0.05) is 15.5 Å². The second-order valence-electron chi connectivity index (χ2n) is 4.90. The first-order valence-corrected chi connectivity index (χ1v) is 7.44. The normalized spacial score (nSPS) is 10.6. The summed E-state index contributed by atoms with van der Waals surface area (Å²) in [6.45, 7) is 1.88. The molecular weight excluding hydrogens is 346 g/mol. The van der Waals surface area contributed by atoms with Crippen LogP contribution in [0.25, 0.3) is 11.0 Å². The maximum atomic E-state index is 12.3.